The number of benzene rings is 2. The van der Waals surface area contributed by atoms with Crippen LogP contribution in [0, 0.1) is 12.7 Å². The summed E-state index contributed by atoms with van der Waals surface area (Å²) in [4.78, 5) is 28.8. The highest BCUT2D eigenvalue weighted by atomic mass is 32.2. The predicted molar refractivity (Wildman–Crippen MR) is 114 cm³/mol. The number of halogens is 1. The summed E-state index contributed by atoms with van der Waals surface area (Å²) in [6, 6.07) is 10.2. The maximum atomic E-state index is 15.1. The van der Waals surface area contributed by atoms with Crippen molar-refractivity contribution in [3.63, 3.8) is 0 Å². The number of nitrogens with one attached hydrogen (secondary N) is 1. The number of hydrogen-bond donors (Lipinski definition) is 2. The molecule has 0 fully saturated rings. The smallest absolute Gasteiger partial charge is 0.264 e. The van der Waals surface area contributed by atoms with Crippen molar-refractivity contribution in [3.8, 4) is 11.1 Å². The first-order chi connectivity index (χ1) is 14.5. The van der Waals surface area contributed by atoms with Crippen LogP contribution in [0.2, 0.25) is 0 Å². The minimum Gasteiger partial charge on any atom is -0.299 e. The molecule has 0 saturated heterocycles. The van der Waals surface area contributed by atoms with Gasteiger partial charge in [-0.05, 0) is 31.9 Å². The molecule has 0 aliphatic carbocycles. The molecule has 0 bridgehead atoms. The van der Waals surface area contributed by atoms with E-state index in [1.165, 1.54) is 17.6 Å². The number of fused-ring (bicyclic) bond motifs is 1. The topological polar surface area (TPSA) is 118 Å². The third-order valence-electron chi connectivity index (χ3n) is 5.53. The van der Waals surface area contributed by atoms with E-state index in [9.17, 15) is 18.0 Å². The van der Waals surface area contributed by atoms with Crippen molar-refractivity contribution >= 4 is 26.6 Å². The van der Waals surface area contributed by atoms with Gasteiger partial charge in [-0.2, -0.15) is 0 Å². The lowest BCUT2D eigenvalue weighted by molar-refractivity contribution is -0.131. The summed E-state index contributed by atoms with van der Waals surface area (Å²) < 4.78 is 38.4. The molecular formula is C21H22FN3O5S. The van der Waals surface area contributed by atoms with Crippen molar-refractivity contribution in [2.24, 2.45) is 0 Å². The Morgan fingerprint density at radius 2 is 1.87 bits per heavy atom. The van der Waals surface area contributed by atoms with Gasteiger partial charge in [0.15, 0.2) is 20.4 Å². The second kappa shape index (κ2) is 8.20. The number of aromatic nitrogens is 2. The van der Waals surface area contributed by atoms with Crippen LogP contribution in [0.25, 0.3) is 22.0 Å². The third-order valence-corrected chi connectivity index (χ3v) is 7.55. The normalized spacial score (nSPS) is 13.7. The van der Waals surface area contributed by atoms with Gasteiger partial charge in [-0.1, -0.05) is 35.9 Å². The second-order valence-electron chi connectivity index (χ2n) is 7.63. The van der Waals surface area contributed by atoms with Crippen molar-refractivity contribution in [2.75, 3.05) is 6.26 Å². The van der Waals surface area contributed by atoms with E-state index in [-0.39, 0.29) is 23.9 Å². The molecule has 0 aliphatic heterocycles. The number of nitrogens with zero attached hydrogens (tertiary/aromatic N) is 2. The fourth-order valence-electron chi connectivity index (χ4n) is 3.23. The third kappa shape index (κ3) is 4.08. The molecule has 0 radical (unpaired) electrons. The number of aryl methyl sites for hydroxylation is 2. The highest BCUT2D eigenvalue weighted by Gasteiger charge is 2.43. The Labute approximate surface area is 178 Å². The number of sulfone groups is 1. The second-order valence-corrected chi connectivity index (χ2v) is 10.1. The van der Waals surface area contributed by atoms with Crippen molar-refractivity contribution in [1.29, 1.82) is 0 Å². The van der Waals surface area contributed by atoms with Gasteiger partial charge >= 0.3 is 0 Å². The maximum absolute atomic E-state index is 15.1. The van der Waals surface area contributed by atoms with Crippen LogP contribution in [-0.4, -0.2) is 40.1 Å². The highest BCUT2D eigenvalue weighted by Crippen LogP contribution is 2.27. The van der Waals surface area contributed by atoms with Crippen LogP contribution >= 0.6 is 0 Å². The largest absolute Gasteiger partial charge is 0.299 e. The summed E-state index contributed by atoms with van der Waals surface area (Å²) in [6.07, 6.45) is 1.69. The summed E-state index contributed by atoms with van der Waals surface area (Å²) in [7, 11) is -3.92. The van der Waals surface area contributed by atoms with Gasteiger partial charge in [0.2, 0.25) is 0 Å². The van der Waals surface area contributed by atoms with E-state index in [0.29, 0.717) is 11.1 Å². The van der Waals surface area contributed by atoms with E-state index in [0.717, 1.165) is 29.6 Å². The molecule has 10 heteroatoms. The fourth-order valence-corrected chi connectivity index (χ4v) is 4.08. The van der Waals surface area contributed by atoms with E-state index in [4.69, 9.17) is 5.21 Å². The van der Waals surface area contributed by atoms with Crippen molar-refractivity contribution in [2.45, 2.75) is 31.6 Å². The van der Waals surface area contributed by atoms with Crippen molar-refractivity contribution < 1.29 is 22.8 Å². The van der Waals surface area contributed by atoms with Crippen LogP contribution in [0.3, 0.4) is 0 Å². The van der Waals surface area contributed by atoms with Gasteiger partial charge in [0.1, 0.15) is 5.52 Å². The lowest BCUT2D eigenvalue weighted by Gasteiger charge is -2.25. The molecule has 1 amide bonds. The van der Waals surface area contributed by atoms with Gasteiger partial charge in [-0.15, -0.1) is 0 Å². The van der Waals surface area contributed by atoms with Gasteiger partial charge in [0, 0.05) is 18.4 Å². The molecule has 1 aromatic heterocycles. The Balaban J connectivity index is 2.00. The fraction of sp³-hybridized carbons (Fsp3) is 0.286. The minimum absolute atomic E-state index is 0.0310. The zero-order chi connectivity index (χ0) is 23.0. The van der Waals surface area contributed by atoms with Crippen molar-refractivity contribution in [3.05, 3.63) is 64.5 Å². The molecule has 1 heterocycles. The van der Waals surface area contributed by atoms with Gasteiger partial charge < -0.3 is 0 Å². The summed E-state index contributed by atoms with van der Waals surface area (Å²) in [5, 5.41) is 8.94. The molecular weight excluding hydrogens is 425 g/mol. The number of amides is 1. The van der Waals surface area contributed by atoms with E-state index in [1.54, 1.807) is 12.1 Å². The molecule has 2 N–H and O–H groups in total. The molecule has 8 nitrogen and oxygen atoms in total. The molecule has 3 rings (SSSR count). The summed E-state index contributed by atoms with van der Waals surface area (Å²) >= 11 is 0. The molecule has 164 valence electrons. The Kier molecular flexibility index (Phi) is 5.97. The lowest BCUT2D eigenvalue weighted by atomic mass is 10.0. The van der Waals surface area contributed by atoms with Crippen LogP contribution < -0.4 is 11.0 Å². The van der Waals surface area contributed by atoms with Crippen molar-refractivity contribution in [1.82, 2.24) is 15.0 Å². The highest BCUT2D eigenvalue weighted by molar-refractivity contribution is 7.92. The van der Waals surface area contributed by atoms with E-state index < -0.39 is 31.9 Å². The summed E-state index contributed by atoms with van der Waals surface area (Å²) in [5.41, 5.74) is 2.67. The molecule has 0 spiro atoms. The van der Waals surface area contributed by atoms with Crippen LogP contribution in [0.5, 0.6) is 0 Å². The molecule has 31 heavy (non-hydrogen) atoms. The Morgan fingerprint density at radius 3 is 2.45 bits per heavy atom. The van der Waals surface area contributed by atoms with Gasteiger partial charge in [0.05, 0.1) is 11.7 Å². The zero-order valence-corrected chi connectivity index (χ0v) is 18.0. The van der Waals surface area contributed by atoms with Crippen LogP contribution in [0.1, 0.15) is 18.9 Å². The summed E-state index contributed by atoms with van der Waals surface area (Å²) in [6.45, 7) is 2.89. The molecule has 0 saturated carbocycles. The SMILES string of the molecule is Cc1ccc(-c2ccc3c(=O)n(CCC(C)(C(=O)NO)S(C)(=O)=O)cnc3c2F)cc1. The zero-order valence-electron chi connectivity index (χ0n) is 17.2. The molecule has 3 aromatic rings. The number of rotatable bonds is 6. The van der Waals surface area contributed by atoms with E-state index in [2.05, 4.69) is 4.98 Å². The Bertz CT molecular complexity index is 1320. The first kappa shape index (κ1) is 22.6. The lowest BCUT2D eigenvalue weighted by Crippen LogP contribution is -2.50. The van der Waals surface area contributed by atoms with Gasteiger partial charge in [-0.25, -0.2) is 23.3 Å². The van der Waals surface area contributed by atoms with Crippen LogP contribution in [0.4, 0.5) is 4.39 Å². The number of hydroxylamine groups is 1. The average molecular weight is 447 g/mol. The first-order valence-corrected chi connectivity index (χ1v) is 11.3. The van der Waals surface area contributed by atoms with E-state index >= 15 is 4.39 Å². The molecule has 0 aliphatic rings. The number of carbonyl (C=O) groups is 1. The molecule has 2 aromatic carbocycles. The predicted octanol–water partition coefficient (Wildman–Crippen LogP) is 2.21. The van der Waals surface area contributed by atoms with Crippen LogP contribution in [-0.2, 0) is 21.2 Å². The van der Waals surface area contributed by atoms with Crippen LogP contribution in [0.15, 0.2) is 47.5 Å². The number of carbonyl (C=O) groups excluding carboxylic acids is 1. The van der Waals surface area contributed by atoms with Gasteiger partial charge in [-0.3, -0.25) is 19.4 Å². The molecule has 1 atom stereocenters. The monoisotopic (exact) mass is 447 g/mol. The Hall–Kier alpha value is -3.11. The molecule has 1 unspecified atom stereocenters. The number of hydrogen-bond acceptors (Lipinski definition) is 6. The first-order valence-electron chi connectivity index (χ1n) is 9.38. The Morgan fingerprint density at radius 1 is 1.23 bits per heavy atom. The quantitative estimate of drug-likeness (QED) is 0.442. The standard InChI is InChI=1S/C21H22FN3O5S/c1-13-4-6-14(7-5-13)15-8-9-16-18(17(15)22)23-12-25(19(16)26)11-10-21(2,20(27)24-28)31(3,29)30/h4-9,12,28H,10-11H2,1-3H3,(H,24,27). The minimum atomic E-state index is -3.92. The summed E-state index contributed by atoms with van der Waals surface area (Å²) in [5.74, 6) is -1.74. The average Bonchev–Trinajstić information content (AvgIpc) is 2.73. The van der Waals surface area contributed by atoms with Gasteiger partial charge in [0.25, 0.3) is 11.5 Å². The maximum Gasteiger partial charge on any atom is 0.264 e. The van der Waals surface area contributed by atoms with E-state index in [1.807, 2.05) is 19.1 Å².